The second kappa shape index (κ2) is 12.2. The van der Waals surface area contributed by atoms with Crippen LogP contribution in [0.5, 0.6) is 0 Å². The van der Waals surface area contributed by atoms with E-state index in [1.807, 2.05) is 22.7 Å². The lowest BCUT2D eigenvalue weighted by Crippen LogP contribution is -2.30. The van der Waals surface area contributed by atoms with Gasteiger partial charge in [0.25, 0.3) is 0 Å². The Balaban J connectivity index is 1.06. The molecule has 0 unspecified atom stereocenters. The maximum Gasteiger partial charge on any atom is 0.213 e. The van der Waals surface area contributed by atoms with Crippen molar-refractivity contribution in [2.45, 2.75) is 0 Å². The number of rotatable bonds is 7. The summed E-state index contributed by atoms with van der Waals surface area (Å²) in [4.78, 5) is 7.40. The van der Waals surface area contributed by atoms with E-state index in [9.17, 15) is 0 Å². The average molecular weight is 628 g/mol. The van der Waals surface area contributed by atoms with Gasteiger partial charge in [-0.05, 0) is 84.4 Å². The van der Waals surface area contributed by atoms with Gasteiger partial charge in [0.2, 0.25) is 11.0 Å². The molecular formula is C42H31N2S2+. The molecule has 0 spiro atoms. The predicted molar refractivity (Wildman–Crippen MR) is 199 cm³/mol. The molecule has 0 fully saturated rings. The van der Waals surface area contributed by atoms with Crippen LogP contribution in [0.3, 0.4) is 0 Å². The molecule has 0 amide bonds. The number of aromatic nitrogens is 1. The number of fused-ring (bicyclic) bond motifs is 2. The Hall–Kier alpha value is -5.29. The first-order valence-electron chi connectivity index (χ1n) is 15.4. The van der Waals surface area contributed by atoms with E-state index in [2.05, 4.69) is 186 Å². The van der Waals surface area contributed by atoms with Crippen molar-refractivity contribution in [3.05, 3.63) is 168 Å². The standard InChI is InChI=1S/C42H31N2S2/c1-43-38-18-10-8-16-36(38)35(37-17-9-11-19-39(37)43)26-24-34-25-27-41(45-34)42-29-28-40(46-42)30-20-22-33(23-21-30)44(31-12-4-2-5-13-31)32-14-6-3-7-15-32/h2-29H,1H3/q+1. The third-order valence-electron chi connectivity index (χ3n) is 8.44. The molecule has 4 heteroatoms. The summed E-state index contributed by atoms with van der Waals surface area (Å²) in [5, 5.41) is 2.53. The van der Waals surface area contributed by atoms with Crippen molar-refractivity contribution >= 4 is 73.7 Å². The van der Waals surface area contributed by atoms with Crippen LogP contribution in [0.25, 0.3) is 54.2 Å². The number of thiophene rings is 2. The molecule has 2 nitrogen and oxygen atoms in total. The maximum atomic E-state index is 2.30. The molecule has 0 saturated carbocycles. The summed E-state index contributed by atoms with van der Waals surface area (Å²) in [6, 6.07) is 56.3. The van der Waals surface area contributed by atoms with E-state index in [0.29, 0.717) is 0 Å². The first kappa shape index (κ1) is 28.2. The Morgan fingerprint density at radius 3 is 1.59 bits per heavy atom. The summed E-state index contributed by atoms with van der Waals surface area (Å²) in [5.41, 5.74) is 8.39. The number of hydrogen-bond acceptors (Lipinski definition) is 3. The fourth-order valence-electron chi connectivity index (χ4n) is 6.18. The minimum absolute atomic E-state index is 1.14. The second-order valence-electron chi connectivity index (χ2n) is 11.3. The van der Waals surface area contributed by atoms with Crippen LogP contribution < -0.4 is 9.47 Å². The van der Waals surface area contributed by atoms with E-state index < -0.39 is 0 Å². The van der Waals surface area contributed by atoms with E-state index in [1.165, 1.54) is 52.4 Å². The zero-order chi connectivity index (χ0) is 30.9. The molecule has 0 radical (unpaired) electrons. The highest BCUT2D eigenvalue weighted by Gasteiger charge is 2.16. The van der Waals surface area contributed by atoms with E-state index in [4.69, 9.17) is 0 Å². The fourth-order valence-corrected chi connectivity index (χ4v) is 8.20. The molecule has 0 aliphatic carbocycles. The summed E-state index contributed by atoms with van der Waals surface area (Å²) in [7, 11) is 2.15. The highest BCUT2D eigenvalue weighted by atomic mass is 32.1. The van der Waals surface area contributed by atoms with Crippen LogP contribution >= 0.6 is 22.7 Å². The third kappa shape index (κ3) is 5.32. The zero-order valence-corrected chi connectivity index (χ0v) is 27.0. The quantitative estimate of drug-likeness (QED) is 0.126. The van der Waals surface area contributed by atoms with Crippen LogP contribution in [0.2, 0.25) is 0 Å². The smallest absolute Gasteiger partial charge is 0.213 e. The molecular weight excluding hydrogens is 597 g/mol. The topological polar surface area (TPSA) is 7.12 Å². The molecule has 8 aromatic rings. The number of para-hydroxylation sites is 4. The number of pyridine rings is 1. The van der Waals surface area contributed by atoms with Gasteiger partial charge in [-0.25, -0.2) is 0 Å². The lowest BCUT2D eigenvalue weighted by Gasteiger charge is -2.25. The first-order chi connectivity index (χ1) is 22.7. The van der Waals surface area contributed by atoms with Crippen LogP contribution in [0.15, 0.2) is 158 Å². The maximum absolute atomic E-state index is 2.30. The third-order valence-corrected chi connectivity index (χ3v) is 10.8. The molecule has 0 saturated heterocycles. The van der Waals surface area contributed by atoms with Crippen LogP contribution in [0, 0.1) is 0 Å². The lowest BCUT2D eigenvalue weighted by atomic mass is 10.0. The minimum atomic E-state index is 1.14. The van der Waals surface area contributed by atoms with Crippen molar-refractivity contribution in [3.8, 4) is 20.2 Å². The van der Waals surface area contributed by atoms with Gasteiger partial charge in [-0.15, -0.1) is 22.7 Å². The molecule has 46 heavy (non-hydrogen) atoms. The van der Waals surface area contributed by atoms with Gasteiger partial charge in [-0.3, -0.25) is 0 Å². The van der Waals surface area contributed by atoms with Gasteiger partial charge in [-0.2, -0.15) is 4.57 Å². The van der Waals surface area contributed by atoms with E-state index in [1.54, 1.807) is 0 Å². The Morgan fingerprint density at radius 2 is 0.957 bits per heavy atom. The van der Waals surface area contributed by atoms with Crippen LogP contribution in [0.1, 0.15) is 10.4 Å². The van der Waals surface area contributed by atoms with Gasteiger partial charge < -0.3 is 4.90 Å². The fraction of sp³-hybridized carbons (Fsp3) is 0.0238. The molecule has 0 bridgehead atoms. The van der Waals surface area contributed by atoms with Gasteiger partial charge in [0, 0.05) is 54.3 Å². The van der Waals surface area contributed by atoms with Crippen molar-refractivity contribution in [2.75, 3.05) is 4.90 Å². The Bertz CT molecular complexity index is 2220. The van der Waals surface area contributed by atoms with Crippen molar-refractivity contribution in [2.24, 2.45) is 7.05 Å². The SMILES string of the molecule is C[n+]1c2ccccc2c(/C=C/c2ccc(-c3ccc(-c4ccc(N(c5ccccc5)c5ccccc5)cc4)s3)s2)c2ccccc21. The largest absolute Gasteiger partial charge is 0.311 e. The number of anilines is 3. The molecule has 0 aliphatic rings. The van der Waals surface area contributed by atoms with E-state index >= 15 is 0 Å². The highest BCUT2D eigenvalue weighted by Crippen LogP contribution is 2.40. The highest BCUT2D eigenvalue weighted by molar-refractivity contribution is 7.24. The lowest BCUT2D eigenvalue weighted by molar-refractivity contribution is -0.617. The van der Waals surface area contributed by atoms with Crippen molar-refractivity contribution in [1.29, 1.82) is 0 Å². The minimum Gasteiger partial charge on any atom is -0.311 e. The van der Waals surface area contributed by atoms with Gasteiger partial charge in [0.1, 0.15) is 7.05 Å². The van der Waals surface area contributed by atoms with Crippen molar-refractivity contribution in [3.63, 3.8) is 0 Å². The van der Waals surface area contributed by atoms with Gasteiger partial charge in [0.15, 0.2) is 0 Å². The molecule has 5 aromatic carbocycles. The molecule has 8 rings (SSSR count). The molecule has 3 heterocycles. The summed E-state index contributed by atoms with van der Waals surface area (Å²) >= 11 is 3.69. The first-order valence-corrected chi connectivity index (χ1v) is 17.0. The van der Waals surface area contributed by atoms with E-state index in [-0.39, 0.29) is 0 Å². The Kier molecular flexibility index (Phi) is 7.51. The normalized spacial score (nSPS) is 11.5. The summed E-state index contributed by atoms with van der Waals surface area (Å²) in [6.45, 7) is 0. The zero-order valence-electron chi connectivity index (χ0n) is 25.4. The van der Waals surface area contributed by atoms with E-state index in [0.717, 1.165) is 17.1 Å². The van der Waals surface area contributed by atoms with Crippen molar-refractivity contribution in [1.82, 2.24) is 0 Å². The van der Waals surface area contributed by atoms with Gasteiger partial charge in [0.05, 0.1) is 10.8 Å². The predicted octanol–water partition coefficient (Wildman–Crippen LogP) is 11.9. The van der Waals surface area contributed by atoms with Gasteiger partial charge >= 0.3 is 0 Å². The van der Waals surface area contributed by atoms with Crippen LogP contribution in [0.4, 0.5) is 17.1 Å². The Morgan fingerprint density at radius 1 is 0.457 bits per heavy atom. The van der Waals surface area contributed by atoms with Gasteiger partial charge in [-0.1, -0.05) is 78.9 Å². The molecule has 0 N–H and O–H groups in total. The summed E-state index contributed by atoms with van der Waals surface area (Å²) in [5.74, 6) is 0. The number of benzene rings is 5. The Labute approximate surface area is 277 Å². The molecule has 3 aromatic heterocycles. The molecule has 0 atom stereocenters. The summed E-state index contributed by atoms with van der Waals surface area (Å²) in [6.07, 6.45) is 4.55. The number of hydrogen-bond donors (Lipinski definition) is 0. The average Bonchev–Trinajstić information content (AvgIpc) is 3.80. The summed E-state index contributed by atoms with van der Waals surface area (Å²) < 4.78 is 2.29. The van der Waals surface area contributed by atoms with Crippen LogP contribution in [-0.4, -0.2) is 0 Å². The second-order valence-corrected chi connectivity index (χ2v) is 13.5. The number of nitrogens with zero attached hydrogens (tertiary/aromatic N) is 2. The van der Waals surface area contributed by atoms with Crippen molar-refractivity contribution < 1.29 is 4.57 Å². The monoisotopic (exact) mass is 627 g/mol. The molecule has 0 aliphatic heterocycles. The molecule has 220 valence electrons. The number of aryl methyl sites for hydroxylation is 1. The van der Waals surface area contributed by atoms with Crippen LogP contribution in [-0.2, 0) is 7.05 Å².